The predicted molar refractivity (Wildman–Crippen MR) is 100 cm³/mol. The fourth-order valence-corrected chi connectivity index (χ4v) is 2.79. The van der Waals surface area contributed by atoms with Crippen molar-refractivity contribution in [3.05, 3.63) is 71.9 Å². The third kappa shape index (κ3) is 5.60. The predicted octanol–water partition coefficient (Wildman–Crippen LogP) is 5.03. The lowest BCUT2D eigenvalue weighted by molar-refractivity contribution is 0.340. The number of hydrogen-bond donors (Lipinski definition) is 0. The molecule has 122 valence electrons. The summed E-state index contributed by atoms with van der Waals surface area (Å²) in [5, 5.41) is 0. The Labute approximate surface area is 140 Å². The highest BCUT2D eigenvalue weighted by Crippen LogP contribution is 2.18. The van der Waals surface area contributed by atoms with E-state index >= 15 is 0 Å². The van der Waals surface area contributed by atoms with E-state index < -0.39 is 8.07 Å². The van der Waals surface area contributed by atoms with Crippen LogP contribution in [0.15, 0.2) is 60.8 Å². The van der Waals surface area contributed by atoms with Crippen molar-refractivity contribution in [1.82, 2.24) is 0 Å². The Bertz CT molecular complexity index is 615. The molecule has 0 bridgehead atoms. The van der Waals surface area contributed by atoms with Gasteiger partial charge in [0.1, 0.15) is 19.6 Å². The van der Waals surface area contributed by atoms with Crippen LogP contribution < -0.4 is 9.47 Å². The summed E-state index contributed by atoms with van der Waals surface area (Å²) in [7, 11) is -1.42. The van der Waals surface area contributed by atoms with Crippen LogP contribution in [0.4, 0.5) is 0 Å². The molecule has 0 radical (unpaired) electrons. The summed E-state index contributed by atoms with van der Waals surface area (Å²) in [5.41, 5.74) is 4.62. The summed E-state index contributed by atoms with van der Waals surface area (Å²) in [5.74, 6) is 1.86. The van der Waals surface area contributed by atoms with Gasteiger partial charge in [0.2, 0.25) is 0 Å². The first-order chi connectivity index (χ1) is 11.0. The zero-order valence-electron chi connectivity index (χ0n) is 14.3. The summed E-state index contributed by atoms with van der Waals surface area (Å²) in [6.07, 6.45) is 1.69. The van der Waals surface area contributed by atoms with Crippen molar-refractivity contribution in [2.45, 2.75) is 26.4 Å². The van der Waals surface area contributed by atoms with Crippen LogP contribution in [0, 0.1) is 0 Å². The number of hydrogen-bond acceptors (Lipinski definition) is 2. The highest BCUT2D eigenvalue weighted by molar-refractivity contribution is 6.82. The van der Waals surface area contributed by atoms with E-state index in [1.807, 2.05) is 19.1 Å². The van der Waals surface area contributed by atoms with Gasteiger partial charge in [-0.05, 0) is 48.7 Å². The largest absolute Gasteiger partial charge is 0.497 e. The van der Waals surface area contributed by atoms with Crippen LogP contribution in [0.25, 0.3) is 0 Å². The number of rotatable bonds is 8. The fourth-order valence-electron chi connectivity index (χ4n) is 2.14. The molecule has 0 aromatic heterocycles. The smallest absolute Gasteiger partial charge is 0.119 e. The number of ether oxygens (including phenoxy) is 2. The zero-order chi connectivity index (χ0) is 16.7. The normalized spacial score (nSPS) is 11.1. The van der Waals surface area contributed by atoms with E-state index in [0.29, 0.717) is 6.61 Å². The molecule has 0 heterocycles. The first-order valence-corrected chi connectivity index (χ1v) is 11.4. The molecule has 0 fully saturated rings. The molecule has 0 N–H and O–H groups in total. The summed E-state index contributed by atoms with van der Waals surface area (Å²) >= 11 is 0. The lowest BCUT2D eigenvalue weighted by atomic mass is 10.0. The topological polar surface area (TPSA) is 18.5 Å². The van der Waals surface area contributed by atoms with Crippen molar-refractivity contribution >= 4 is 8.07 Å². The molecule has 3 heteroatoms. The first-order valence-electron chi connectivity index (χ1n) is 8.09. The van der Waals surface area contributed by atoms with Gasteiger partial charge < -0.3 is 9.47 Å². The van der Waals surface area contributed by atoms with Crippen LogP contribution in [-0.4, -0.2) is 20.9 Å². The average Bonchev–Trinajstić information content (AvgIpc) is 2.56. The first kappa shape index (κ1) is 17.4. The molecule has 2 aromatic carbocycles. The second-order valence-electron chi connectivity index (χ2n) is 6.38. The Kier molecular flexibility index (Phi) is 6.05. The van der Waals surface area contributed by atoms with Crippen LogP contribution in [0.5, 0.6) is 11.5 Å². The van der Waals surface area contributed by atoms with Crippen LogP contribution in [0.3, 0.4) is 0 Å². The van der Waals surface area contributed by atoms with Gasteiger partial charge in [0, 0.05) is 0 Å². The quantitative estimate of drug-likeness (QED) is 0.634. The molecular formula is C20H26O2Si. The van der Waals surface area contributed by atoms with E-state index in [0.717, 1.165) is 24.2 Å². The Hall–Kier alpha value is -2.00. The molecule has 0 aliphatic rings. The van der Waals surface area contributed by atoms with Gasteiger partial charge in [-0.1, -0.05) is 43.1 Å². The van der Waals surface area contributed by atoms with Crippen molar-refractivity contribution in [3.8, 4) is 11.5 Å². The molecule has 2 rings (SSSR count). The second kappa shape index (κ2) is 8.02. The van der Waals surface area contributed by atoms with Crippen LogP contribution >= 0.6 is 0 Å². The van der Waals surface area contributed by atoms with Crippen molar-refractivity contribution < 1.29 is 9.47 Å². The molecule has 0 aliphatic carbocycles. The molecule has 0 aliphatic heterocycles. The van der Waals surface area contributed by atoms with E-state index in [1.54, 1.807) is 0 Å². The number of benzene rings is 2. The molecule has 0 saturated heterocycles. The highest BCUT2D eigenvalue weighted by atomic mass is 28.3. The maximum Gasteiger partial charge on any atom is 0.119 e. The van der Waals surface area contributed by atoms with Gasteiger partial charge in [0.05, 0.1) is 12.8 Å². The van der Waals surface area contributed by atoms with Gasteiger partial charge in [-0.25, -0.2) is 0 Å². The maximum absolute atomic E-state index is 5.88. The minimum atomic E-state index is -1.42. The summed E-state index contributed by atoms with van der Waals surface area (Å²) in [6.45, 7) is 11.1. The lowest BCUT2D eigenvalue weighted by Crippen LogP contribution is -2.31. The Morgan fingerprint density at radius 2 is 1.35 bits per heavy atom. The Morgan fingerprint density at radius 3 is 1.78 bits per heavy atom. The second-order valence-corrected chi connectivity index (χ2v) is 11.1. The van der Waals surface area contributed by atoms with Crippen molar-refractivity contribution in [2.75, 3.05) is 12.8 Å². The molecule has 2 aromatic rings. The molecule has 0 saturated carbocycles. The van der Waals surface area contributed by atoms with Crippen LogP contribution in [0.1, 0.15) is 18.1 Å². The van der Waals surface area contributed by atoms with Crippen molar-refractivity contribution in [1.29, 1.82) is 0 Å². The zero-order valence-corrected chi connectivity index (χ0v) is 15.3. The van der Waals surface area contributed by atoms with E-state index in [9.17, 15) is 0 Å². The van der Waals surface area contributed by atoms with Crippen LogP contribution in [-0.2, 0) is 6.42 Å². The molecular weight excluding hydrogens is 300 g/mol. The molecule has 0 amide bonds. The standard InChI is InChI=1S/C20H26O2Si/c1-5-21-19-11-7-17(8-12-19)15-18-9-13-20(14-10-18)22-16-23(3,4)6-2/h6-14H,2,5,15-16H2,1,3-4H3. The minimum Gasteiger partial charge on any atom is -0.497 e. The van der Waals surface area contributed by atoms with Crippen LogP contribution in [0.2, 0.25) is 13.1 Å². The summed E-state index contributed by atoms with van der Waals surface area (Å²) in [6, 6.07) is 16.7. The third-order valence-electron chi connectivity index (χ3n) is 3.73. The van der Waals surface area contributed by atoms with E-state index in [1.165, 1.54) is 11.1 Å². The Morgan fingerprint density at radius 1 is 0.870 bits per heavy atom. The lowest BCUT2D eigenvalue weighted by Gasteiger charge is -2.17. The van der Waals surface area contributed by atoms with Gasteiger partial charge in [-0.15, -0.1) is 6.58 Å². The minimum absolute atomic E-state index is 0.701. The van der Waals surface area contributed by atoms with Gasteiger partial charge in [-0.2, -0.15) is 0 Å². The molecule has 2 nitrogen and oxygen atoms in total. The molecule has 23 heavy (non-hydrogen) atoms. The van der Waals surface area contributed by atoms with E-state index in [-0.39, 0.29) is 0 Å². The van der Waals surface area contributed by atoms with Crippen molar-refractivity contribution in [2.24, 2.45) is 0 Å². The van der Waals surface area contributed by atoms with Gasteiger partial charge in [-0.3, -0.25) is 0 Å². The average molecular weight is 327 g/mol. The molecule has 0 atom stereocenters. The fraction of sp³-hybridized carbons (Fsp3) is 0.300. The maximum atomic E-state index is 5.88. The molecule has 0 unspecified atom stereocenters. The monoisotopic (exact) mass is 326 g/mol. The van der Waals surface area contributed by atoms with E-state index in [4.69, 9.17) is 9.47 Å². The Balaban J connectivity index is 1.93. The SMILES string of the molecule is C=C[Si](C)(C)COc1ccc(Cc2ccc(OCC)cc2)cc1. The summed E-state index contributed by atoms with van der Waals surface area (Å²) < 4.78 is 11.4. The van der Waals surface area contributed by atoms with E-state index in [2.05, 4.69) is 61.8 Å². The van der Waals surface area contributed by atoms with Gasteiger partial charge in [0.25, 0.3) is 0 Å². The third-order valence-corrected chi connectivity index (χ3v) is 5.72. The van der Waals surface area contributed by atoms with Crippen molar-refractivity contribution in [3.63, 3.8) is 0 Å². The highest BCUT2D eigenvalue weighted by Gasteiger charge is 2.16. The summed E-state index contributed by atoms with van der Waals surface area (Å²) in [4.78, 5) is 0. The van der Waals surface area contributed by atoms with Gasteiger partial charge >= 0.3 is 0 Å². The van der Waals surface area contributed by atoms with Gasteiger partial charge in [0.15, 0.2) is 0 Å². The molecule has 0 spiro atoms.